The van der Waals surface area contributed by atoms with Crippen molar-refractivity contribution in [1.29, 1.82) is 0 Å². The van der Waals surface area contributed by atoms with Crippen LogP contribution in [-0.2, 0) is 6.54 Å². The van der Waals surface area contributed by atoms with Crippen molar-refractivity contribution in [1.82, 2.24) is 25.1 Å². The number of hydrogen-bond donors (Lipinski definition) is 1. The van der Waals surface area contributed by atoms with Gasteiger partial charge in [-0.25, -0.2) is 8.91 Å². The summed E-state index contributed by atoms with van der Waals surface area (Å²) in [5.41, 5.74) is 3.03. The molecule has 0 bridgehead atoms. The average Bonchev–Trinajstić information content (AvgIpc) is 2.86. The minimum absolute atomic E-state index is 0.253. The summed E-state index contributed by atoms with van der Waals surface area (Å²) >= 11 is 0. The summed E-state index contributed by atoms with van der Waals surface area (Å²) in [6.45, 7) is 4.57. The van der Waals surface area contributed by atoms with Gasteiger partial charge in [0, 0.05) is 18.2 Å². The minimum atomic E-state index is -0.340. The maximum Gasteiger partial charge on any atom is 0.178 e. The Kier molecular flexibility index (Phi) is 3.10. The van der Waals surface area contributed by atoms with Crippen LogP contribution in [0, 0.1) is 5.82 Å². The van der Waals surface area contributed by atoms with Gasteiger partial charge in [0.05, 0.1) is 11.2 Å². The first kappa shape index (κ1) is 12.9. The molecule has 0 aliphatic carbocycles. The topological polar surface area (TPSA) is 55.1 Å². The normalized spacial score (nSPS) is 11.8. The molecule has 0 radical (unpaired) electrons. The number of nitrogens with one attached hydrogen (secondary N) is 1. The molecule has 2 heterocycles. The van der Waals surface area contributed by atoms with E-state index in [1.54, 1.807) is 17.6 Å². The van der Waals surface area contributed by atoms with Gasteiger partial charge >= 0.3 is 0 Å². The zero-order valence-corrected chi connectivity index (χ0v) is 11.7. The summed E-state index contributed by atoms with van der Waals surface area (Å²) in [6, 6.07) is 5.48. The smallest absolute Gasteiger partial charge is 0.178 e. The van der Waals surface area contributed by atoms with E-state index >= 15 is 0 Å². The van der Waals surface area contributed by atoms with Gasteiger partial charge in [-0.3, -0.25) is 0 Å². The fourth-order valence-corrected chi connectivity index (χ4v) is 2.21. The van der Waals surface area contributed by atoms with E-state index in [4.69, 9.17) is 0 Å². The minimum Gasteiger partial charge on any atom is -0.316 e. The Balaban J connectivity index is 2.29. The van der Waals surface area contributed by atoms with E-state index in [9.17, 15) is 4.39 Å². The van der Waals surface area contributed by atoms with Crippen LogP contribution in [0.25, 0.3) is 16.7 Å². The number of fused-ring (bicyclic) bond motifs is 3. The van der Waals surface area contributed by atoms with E-state index in [-0.39, 0.29) is 11.3 Å². The first-order valence-electron chi connectivity index (χ1n) is 6.60. The summed E-state index contributed by atoms with van der Waals surface area (Å²) in [4.78, 5) is 0. The molecule has 0 atom stereocenters. The molecule has 2 aromatic heterocycles. The van der Waals surface area contributed by atoms with Gasteiger partial charge in [-0.1, -0.05) is 19.9 Å². The number of hydrogen-bond acceptors (Lipinski definition) is 4. The fraction of sp³-hybridized carbons (Fsp3) is 0.357. The molecule has 1 aromatic carbocycles. The predicted octanol–water partition coefficient (Wildman–Crippen LogP) is 2.26. The third kappa shape index (κ3) is 1.92. The summed E-state index contributed by atoms with van der Waals surface area (Å²) in [7, 11) is 1.78. The molecule has 0 saturated heterocycles. The first-order chi connectivity index (χ1) is 9.61. The second kappa shape index (κ2) is 4.79. The second-order valence-corrected chi connectivity index (χ2v) is 5.13. The van der Waals surface area contributed by atoms with Crippen molar-refractivity contribution >= 4 is 16.7 Å². The SMILES string of the molecule is CNCc1ccc2c(nnc3cc(C(C)C)nn32)c1F. The zero-order chi connectivity index (χ0) is 14.3. The van der Waals surface area contributed by atoms with Crippen molar-refractivity contribution < 1.29 is 4.39 Å². The summed E-state index contributed by atoms with van der Waals surface area (Å²) < 4.78 is 16.0. The standard InChI is InChI=1S/C14H16FN5/c1-8(2)10-6-12-17-18-14-11(20(12)19-10)5-4-9(7-16-3)13(14)15/h4-6,8,16H,7H2,1-3H3. The molecule has 0 saturated carbocycles. The Morgan fingerprint density at radius 1 is 1.30 bits per heavy atom. The molecule has 20 heavy (non-hydrogen) atoms. The number of halogens is 1. The van der Waals surface area contributed by atoms with Gasteiger partial charge in [-0.05, 0) is 19.0 Å². The van der Waals surface area contributed by atoms with Gasteiger partial charge in [0.15, 0.2) is 11.5 Å². The lowest BCUT2D eigenvalue weighted by atomic mass is 10.1. The maximum atomic E-state index is 14.4. The third-order valence-electron chi connectivity index (χ3n) is 3.32. The first-order valence-corrected chi connectivity index (χ1v) is 6.60. The van der Waals surface area contributed by atoms with Crippen molar-refractivity contribution in [2.45, 2.75) is 26.3 Å². The second-order valence-electron chi connectivity index (χ2n) is 5.13. The van der Waals surface area contributed by atoms with Crippen molar-refractivity contribution in [3.8, 4) is 0 Å². The fourth-order valence-electron chi connectivity index (χ4n) is 2.21. The van der Waals surface area contributed by atoms with Gasteiger partial charge in [0.1, 0.15) is 5.52 Å². The summed E-state index contributed by atoms with van der Waals surface area (Å²) in [5.74, 6) is -0.0481. The largest absolute Gasteiger partial charge is 0.316 e. The number of nitrogens with zero attached hydrogens (tertiary/aromatic N) is 4. The molecular formula is C14H16FN5. The van der Waals surface area contributed by atoms with Crippen molar-refractivity contribution in [2.24, 2.45) is 0 Å². The van der Waals surface area contributed by atoms with Crippen LogP contribution < -0.4 is 5.32 Å². The number of rotatable bonds is 3. The third-order valence-corrected chi connectivity index (χ3v) is 3.32. The molecule has 0 aliphatic rings. The predicted molar refractivity (Wildman–Crippen MR) is 75.1 cm³/mol. The van der Waals surface area contributed by atoms with Crippen LogP contribution in [0.5, 0.6) is 0 Å². The Bertz CT molecular complexity index is 778. The molecule has 3 aromatic rings. The lowest BCUT2D eigenvalue weighted by molar-refractivity contribution is 0.607. The Labute approximate surface area is 115 Å². The lowest BCUT2D eigenvalue weighted by Crippen LogP contribution is -2.08. The van der Waals surface area contributed by atoms with E-state index < -0.39 is 0 Å². The molecule has 6 heteroatoms. The highest BCUT2D eigenvalue weighted by molar-refractivity contribution is 5.77. The van der Waals surface area contributed by atoms with Crippen molar-refractivity contribution in [2.75, 3.05) is 7.05 Å². The molecule has 0 spiro atoms. The van der Waals surface area contributed by atoms with Gasteiger partial charge in [0.25, 0.3) is 0 Å². The number of aromatic nitrogens is 4. The van der Waals surface area contributed by atoms with Gasteiger partial charge in [-0.2, -0.15) is 5.10 Å². The van der Waals surface area contributed by atoms with Crippen molar-refractivity contribution in [3.05, 3.63) is 35.3 Å². The molecule has 5 nitrogen and oxygen atoms in total. The van der Waals surface area contributed by atoms with E-state index in [2.05, 4.69) is 34.5 Å². The Morgan fingerprint density at radius 2 is 2.10 bits per heavy atom. The molecule has 104 valence electrons. The molecule has 0 aliphatic heterocycles. The van der Waals surface area contributed by atoms with Crippen LogP contribution in [-0.4, -0.2) is 26.9 Å². The van der Waals surface area contributed by atoms with Crippen LogP contribution in [0.4, 0.5) is 4.39 Å². The lowest BCUT2D eigenvalue weighted by Gasteiger charge is -2.05. The van der Waals surface area contributed by atoms with Gasteiger partial charge in [0.2, 0.25) is 0 Å². The summed E-state index contributed by atoms with van der Waals surface area (Å²) in [5, 5.41) is 15.5. The van der Waals surface area contributed by atoms with Crippen LogP contribution in [0.15, 0.2) is 18.2 Å². The molecule has 0 unspecified atom stereocenters. The molecule has 1 N–H and O–H groups in total. The van der Waals surface area contributed by atoms with E-state index in [0.29, 0.717) is 29.2 Å². The molecule has 3 rings (SSSR count). The number of benzene rings is 1. The molecule has 0 amide bonds. The van der Waals surface area contributed by atoms with E-state index in [1.165, 1.54) is 0 Å². The highest BCUT2D eigenvalue weighted by atomic mass is 19.1. The van der Waals surface area contributed by atoms with Crippen LogP contribution in [0.3, 0.4) is 0 Å². The summed E-state index contributed by atoms with van der Waals surface area (Å²) in [6.07, 6.45) is 0. The van der Waals surface area contributed by atoms with Crippen LogP contribution >= 0.6 is 0 Å². The molecule has 0 fully saturated rings. The zero-order valence-electron chi connectivity index (χ0n) is 11.7. The Hall–Kier alpha value is -2.08. The molecular weight excluding hydrogens is 257 g/mol. The maximum absolute atomic E-state index is 14.4. The van der Waals surface area contributed by atoms with E-state index in [1.807, 2.05) is 12.1 Å². The van der Waals surface area contributed by atoms with Crippen LogP contribution in [0.1, 0.15) is 31.0 Å². The highest BCUT2D eigenvalue weighted by Crippen LogP contribution is 2.21. The average molecular weight is 273 g/mol. The van der Waals surface area contributed by atoms with Gasteiger partial charge in [-0.15, -0.1) is 10.2 Å². The Morgan fingerprint density at radius 3 is 2.80 bits per heavy atom. The highest BCUT2D eigenvalue weighted by Gasteiger charge is 2.14. The van der Waals surface area contributed by atoms with Crippen LogP contribution in [0.2, 0.25) is 0 Å². The van der Waals surface area contributed by atoms with Gasteiger partial charge < -0.3 is 5.32 Å². The monoisotopic (exact) mass is 273 g/mol. The quantitative estimate of drug-likeness (QED) is 0.795. The van der Waals surface area contributed by atoms with E-state index in [0.717, 1.165) is 5.69 Å². The van der Waals surface area contributed by atoms with Crippen molar-refractivity contribution in [3.63, 3.8) is 0 Å².